The highest BCUT2D eigenvalue weighted by Gasteiger charge is 2.28. The lowest BCUT2D eigenvalue weighted by molar-refractivity contribution is -0.139. The largest absolute Gasteiger partial charge is 0.480 e. The molecule has 18 heavy (non-hydrogen) atoms. The van der Waals surface area contributed by atoms with Crippen LogP contribution in [-0.4, -0.2) is 60.9 Å². The Kier molecular flexibility index (Phi) is 6.60. The number of hydrogen-bond donors (Lipinski definition) is 2. The van der Waals surface area contributed by atoms with Gasteiger partial charge in [-0.2, -0.15) is 0 Å². The molecule has 5 nitrogen and oxygen atoms in total. The molecule has 0 amide bonds. The van der Waals surface area contributed by atoms with E-state index in [9.17, 15) is 9.90 Å². The molecule has 0 aromatic rings. The fourth-order valence-electron chi connectivity index (χ4n) is 2.14. The normalized spacial score (nSPS) is 18.9. The second kappa shape index (κ2) is 7.71. The standard InChI is InChI=1S/C13H26N2O3/c1-4-15(10(2)9-18-3)8-7-12(13(16)17)14-11-5-6-11/h10-12,14H,4-9H2,1-3H3,(H,16,17). The summed E-state index contributed by atoms with van der Waals surface area (Å²) in [6, 6.07) is 0.342. The highest BCUT2D eigenvalue weighted by molar-refractivity contribution is 5.73. The Balaban J connectivity index is 2.35. The maximum Gasteiger partial charge on any atom is 0.320 e. The van der Waals surface area contributed by atoms with Crippen LogP contribution < -0.4 is 5.32 Å². The maximum absolute atomic E-state index is 11.2. The van der Waals surface area contributed by atoms with Crippen molar-refractivity contribution >= 4 is 5.97 Å². The lowest BCUT2D eigenvalue weighted by atomic mass is 10.1. The van der Waals surface area contributed by atoms with Crippen LogP contribution in [0.3, 0.4) is 0 Å². The average molecular weight is 258 g/mol. The van der Waals surface area contributed by atoms with Crippen molar-refractivity contribution in [1.82, 2.24) is 10.2 Å². The molecule has 2 atom stereocenters. The molecule has 1 fully saturated rings. The maximum atomic E-state index is 11.2. The van der Waals surface area contributed by atoms with Crippen LogP contribution in [-0.2, 0) is 9.53 Å². The third-order valence-electron chi connectivity index (χ3n) is 3.45. The summed E-state index contributed by atoms with van der Waals surface area (Å²) in [5.41, 5.74) is 0. The van der Waals surface area contributed by atoms with Crippen molar-refractivity contribution in [3.8, 4) is 0 Å². The summed E-state index contributed by atoms with van der Waals surface area (Å²) in [5.74, 6) is -0.739. The van der Waals surface area contributed by atoms with Crippen molar-refractivity contribution in [2.75, 3.05) is 26.8 Å². The smallest absolute Gasteiger partial charge is 0.320 e. The molecule has 2 N–H and O–H groups in total. The highest BCUT2D eigenvalue weighted by Crippen LogP contribution is 2.20. The van der Waals surface area contributed by atoms with Crippen LogP contribution in [0.1, 0.15) is 33.1 Å². The highest BCUT2D eigenvalue weighted by atomic mass is 16.5. The van der Waals surface area contributed by atoms with Gasteiger partial charge in [-0.1, -0.05) is 6.92 Å². The van der Waals surface area contributed by atoms with Gasteiger partial charge in [0.25, 0.3) is 0 Å². The Morgan fingerprint density at radius 2 is 2.22 bits per heavy atom. The van der Waals surface area contributed by atoms with E-state index in [1.54, 1.807) is 7.11 Å². The summed E-state index contributed by atoms with van der Waals surface area (Å²) in [7, 11) is 1.69. The summed E-state index contributed by atoms with van der Waals surface area (Å²) < 4.78 is 5.14. The van der Waals surface area contributed by atoms with Crippen LogP contribution in [0.4, 0.5) is 0 Å². The number of nitrogens with one attached hydrogen (secondary N) is 1. The fourth-order valence-corrected chi connectivity index (χ4v) is 2.14. The average Bonchev–Trinajstić information content (AvgIpc) is 3.12. The first-order valence-electron chi connectivity index (χ1n) is 6.80. The first-order valence-corrected chi connectivity index (χ1v) is 6.80. The van der Waals surface area contributed by atoms with Crippen molar-refractivity contribution < 1.29 is 14.6 Å². The number of carboxylic acids is 1. The van der Waals surface area contributed by atoms with Gasteiger partial charge in [-0.25, -0.2) is 0 Å². The van der Waals surface area contributed by atoms with E-state index in [0.29, 0.717) is 25.1 Å². The summed E-state index contributed by atoms with van der Waals surface area (Å²) in [5, 5.41) is 12.4. The summed E-state index contributed by atoms with van der Waals surface area (Å²) in [4.78, 5) is 13.4. The van der Waals surface area contributed by atoms with E-state index in [0.717, 1.165) is 25.9 Å². The molecule has 1 aliphatic carbocycles. The molecular formula is C13H26N2O3. The van der Waals surface area contributed by atoms with Gasteiger partial charge in [-0.15, -0.1) is 0 Å². The summed E-state index contributed by atoms with van der Waals surface area (Å²) >= 11 is 0. The number of likely N-dealkylation sites (N-methyl/N-ethyl adjacent to an activating group) is 1. The molecule has 1 aliphatic rings. The molecule has 1 saturated carbocycles. The SMILES string of the molecule is CCN(CCC(NC1CC1)C(=O)O)C(C)COC. The molecule has 2 unspecified atom stereocenters. The van der Waals surface area contributed by atoms with E-state index in [1.165, 1.54) is 0 Å². The first-order chi connectivity index (χ1) is 8.58. The van der Waals surface area contributed by atoms with Gasteiger partial charge in [0.15, 0.2) is 0 Å². The van der Waals surface area contributed by atoms with Gasteiger partial charge in [-0.3, -0.25) is 9.69 Å². The van der Waals surface area contributed by atoms with Crippen LogP contribution in [0.2, 0.25) is 0 Å². The van der Waals surface area contributed by atoms with Crippen LogP contribution >= 0.6 is 0 Å². The second-order valence-corrected chi connectivity index (χ2v) is 5.05. The van der Waals surface area contributed by atoms with Crippen LogP contribution in [0.25, 0.3) is 0 Å². The molecule has 0 radical (unpaired) electrons. The second-order valence-electron chi connectivity index (χ2n) is 5.05. The minimum atomic E-state index is -0.739. The number of ether oxygens (including phenoxy) is 1. The predicted molar refractivity (Wildman–Crippen MR) is 70.8 cm³/mol. The molecule has 0 saturated heterocycles. The van der Waals surface area contributed by atoms with E-state index in [2.05, 4.69) is 24.1 Å². The quantitative estimate of drug-likeness (QED) is 0.610. The minimum absolute atomic E-state index is 0.329. The molecule has 106 valence electrons. The van der Waals surface area contributed by atoms with E-state index in [4.69, 9.17) is 4.74 Å². The Hall–Kier alpha value is -0.650. The molecular weight excluding hydrogens is 232 g/mol. The molecule has 1 rings (SSSR count). The summed E-state index contributed by atoms with van der Waals surface area (Å²) in [6.07, 6.45) is 2.87. The van der Waals surface area contributed by atoms with Gasteiger partial charge in [0.1, 0.15) is 6.04 Å². The van der Waals surface area contributed by atoms with Gasteiger partial charge < -0.3 is 15.2 Å². The van der Waals surface area contributed by atoms with Crippen LogP contribution in [0.15, 0.2) is 0 Å². The summed E-state index contributed by atoms with van der Waals surface area (Å²) in [6.45, 7) is 6.59. The van der Waals surface area contributed by atoms with Crippen molar-refractivity contribution in [3.05, 3.63) is 0 Å². The Labute approximate surface area is 109 Å². The molecule has 0 aromatic heterocycles. The van der Waals surface area contributed by atoms with E-state index in [1.807, 2.05) is 0 Å². The Bertz CT molecular complexity index is 257. The van der Waals surface area contributed by atoms with Gasteiger partial charge in [0.2, 0.25) is 0 Å². The monoisotopic (exact) mass is 258 g/mol. The number of hydrogen-bond acceptors (Lipinski definition) is 4. The third-order valence-corrected chi connectivity index (χ3v) is 3.45. The van der Waals surface area contributed by atoms with E-state index >= 15 is 0 Å². The zero-order chi connectivity index (χ0) is 13.5. The number of aliphatic carboxylic acids is 1. The van der Waals surface area contributed by atoms with Gasteiger partial charge >= 0.3 is 5.97 Å². The van der Waals surface area contributed by atoms with Crippen molar-refractivity contribution in [2.45, 2.75) is 51.2 Å². The van der Waals surface area contributed by atoms with Crippen LogP contribution in [0, 0.1) is 0 Å². The molecule has 0 spiro atoms. The lowest BCUT2D eigenvalue weighted by Gasteiger charge is -2.28. The molecule has 0 aliphatic heterocycles. The van der Waals surface area contributed by atoms with Gasteiger partial charge in [0, 0.05) is 25.7 Å². The number of carboxylic acid groups (broad SMARTS) is 1. The molecule has 0 bridgehead atoms. The minimum Gasteiger partial charge on any atom is -0.480 e. The van der Waals surface area contributed by atoms with Gasteiger partial charge in [0.05, 0.1) is 6.61 Å². The van der Waals surface area contributed by atoms with Gasteiger partial charge in [-0.05, 0) is 32.7 Å². The zero-order valence-corrected chi connectivity index (χ0v) is 11.7. The number of nitrogens with zero attached hydrogens (tertiary/aromatic N) is 1. The zero-order valence-electron chi connectivity index (χ0n) is 11.7. The molecule has 0 heterocycles. The lowest BCUT2D eigenvalue weighted by Crippen LogP contribution is -2.43. The fraction of sp³-hybridized carbons (Fsp3) is 0.923. The van der Waals surface area contributed by atoms with Crippen molar-refractivity contribution in [1.29, 1.82) is 0 Å². The van der Waals surface area contributed by atoms with Crippen molar-refractivity contribution in [3.63, 3.8) is 0 Å². The molecule has 0 aromatic carbocycles. The third kappa shape index (κ3) is 5.33. The Morgan fingerprint density at radius 1 is 1.56 bits per heavy atom. The number of methoxy groups -OCH3 is 1. The number of carbonyl (C=O) groups is 1. The Morgan fingerprint density at radius 3 is 2.67 bits per heavy atom. The predicted octanol–water partition coefficient (Wildman–Crippen LogP) is 0.939. The van der Waals surface area contributed by atoms with Crippen molar-refractivity contribution in [2.24, 2.45) is 0 Å². The molecule has 5 heteroatoms. The van der Waals surface area contributed by atoms with E-state index < -0.39 is 12.0 Å². The van der Waals surface area contributed by atoms with E-state index in [-0.39, 0.29) is 0 Å². The topological polar surface area (TPSA) is 61.8 Å². The van der Waals surface area contributed by atoms with Crippen LogP contribution in [0.5, 0.6) is 0 Å². The first kappa shape index (κ1) is 15.4. The number of rotatable bonds is 10.